The molecule has 0 unspecified atom stereocenters. The summed E-state index contributed by atoms with van der Waals surface area (Å²) in [5.74, 6) is 0. The van der Waals surface area contributed by atoms with E-state index in [0.29, 0.717) is 0 Å². The van der Waals surface area contributed by atoms with E-state index in [-0.39, 0.29) is 0 Å². The molecule has 0 aliphatic carbocycles. The second kappa shape index (κ2) is 7.46. The van der Waals surface area contributed by atoms with Crippen molar-refractivity contribution in [3.8, 4) is 11.1 Å². The summed E-state index contributed by atoms with van der Waals surface area (Å²) < 4.78 is 19.3. The number of hydrogen-bond donors (Lipinski definition) is 0. The maximum absolute atomic E-state index is 6.50. The van der Waals surface area contributed by atoms with Crippen molar-refractivity contribution in [2.24, 2.45) is 0 Å². The van der Waals surface area contributed by atoms with Gasteiger partial charge in [0, 0.05) is 10.8 Å². The standard InChI is InChI=1S/C32H27BO3/c1-31(2)32(3,4)36-33(35-31)27-18-23(16-22-12-7-8-13-24(22)27)25-14-9-15-28-30(25)26-17-20-10-5-6-11-21(20)19-29(26)34-28/h5-19H,1-4H3. The molecule has 1 aliphatic rings. The first-order chi connectivity index (χ1) is 17.3. The van der Waals surface area contributed by atoms with Crippen molar-refractivity contribution >= 4 is 56.1 Å². The van der Waals surface area contributed by atoms with Gasteiger partial charge in [0.1, 0.15) is 11.2 Å². The molecule has 0 amide bonds. The van der Waals surface area contributed by atoms with E-state index in [9.17, 15) is 0 Å². The van der Waals surface area contributed by atoms with Crippen LogP contribution < -0.4 is 5.46 Å². The minimum absolute atomic E-state index is 0.406. The van der Waals surface area contributed by atoms with Crippen LogP contribution in [0.3, 0.4) is 0 Å². The number of benzene rings is 5. The summed E-state index contributed by atoms with van der Waals surface area (Å²) in [5, 5.41) is 6.96. The highest BCUT2D eigenvalue weighted by molar-refractivity contribution is 6.65. The fourth-order valence-electron chi connectivity index (χ4n) is 5.41. The van der Waals surface area contributed by atoms with E-state index in [1.165, 1.54) is 10.8 Å². The van der Waals surface area contributed by atoms with Gasteiger partial charge in [0.05, 0.1) is 11.2 Å². The van der Waals surface area contributed by atoms with E-state index in [2.05, 4.69) is 119 Å². The third kappa shape index (κ3) is 3.15. The lowest BCUT2D eigenvalue weighted by molar-refractivity contribution is 0.00578. The average Bonchev–Trinajstić information content (AvgIpc) is 3.33. The molecule has 1 fully saturated rings. The van der Waals surface area contributed by atoms with Crippen molar-refractivity contribution in [2.75, 3.05) is 0 Å². The molecule has 0 N–H and O–H groups in total. The quantitative estimate of drug-likeness (QED) is 0.242. The zero-order valence-electron chi connectivity index (χ0n) is 21.0. The van der Waals surface area contributed by atoms with Crippen molar-refractivity contribution in [1.29, 1.82) is 0 Å². The van der Waals surface area contributed by atoms with Gasteiger partial charge in [-0.25, -0.2) is 0 Å². The van der Waals surface area contributed by atoms with Crippen molar-refractivity contribution in [3.63, 3.8) is 0 Å². The largest absolute Gasteiger partial charge is 0.495 e. The molecule has 0 saturated carbocycles. The van der Waals surface area contributed by atoms with Crippen LogP contribution in [0.15, 0.2) is 95.4 Å². The maximum atomic E-state index is 6.50. The third-order valence-corrected chi connectivity index (χ3v) is 8.08. The van der Waals surface area contributed by atoms with Gasteiger partial charge in [0.15, 0.2) is 0 Å². The third-order valence-electron chi connectivity index (χ3n) is 8.08. The van der Waals surface area contributed by atoms with Crippen molar-refractivity contribution in [2.45, 2.75) is 38.9 Å². The Balaban J connectivity index is 1.49. The summed E-state index contributed by atoms with van der Waals surface area (Å²) in [6.07, 6.45) is 0. The van der Waals surface area contributed by atoms with Crippen molar-refractivity contribution in [1.82, 2.24) is 0 Å². The molecule has 1 saturated heterocycles. The fourth-order valence-corrected chi connectivity index (χ4v) is 5.41. The van der Waals surface area contributed by atoms with Crippen LogP contribution in [0.25, 0.3) is 54.6 Å². The topological polar surface area (TPSA) is 31.6 Å². The van der Waals surface area contributed by atoms with Gasteiger partial charge in [-0.1, -0.05) is 66.7 Å². The molecule has 1 aromatic heterocycles. The molecule has 6 aromatic rings. The summed E-state index contributed by atoms with van der Waals surface area (Å²) in [5.41, 5.74) is 4.31. The molecule has 1 aliphatic heterocycles. The lowest BCUT2D eigenvalue weighted by atomic mass is 9.74. The second-order valence-electron chi connectivity index (χ2n) is 10.9. The van der Waals surface area contributed by atoms with E-state index >= 15 is 0 Å². The van der Waals surface area contributed by atoms with Gasteiger partial charge in [-0.15, -0.1) is 0 Å². The summed E-state index contributed by atoms with van der Waals surface area (Å²) in [6, 6.07) is 32.1. The van der Waals surface area contributed by atoms with Crippen LogP contribution in [0.1, 0.15) is 27.7 Å². The lowest BCUT2D eigenvalue weighted by Crippen LogP contribution is -2.41. The van der Waals surface area contributed by atoms with E-state index in [0.717, 1.165) is 49.3 Å². The van der Waals surface area contributed by atoms with Crippen LogP contribution in [-0.2, 0) is 9.31 Å². The van der Waals surface area contributed by atoms with Gasteiger partial charge in [-0.05, 0) is 90.1 Å². The van der Waals surface area contributed by atoms with Crippen molar-refractivity contribution in [3.05, 3.63) is 91.0 Å². The smallest absolute Gasteiger partial charge is 0.456 e. The minimum Gasteiger partial charge on any atom is -0.456 e. The van der Waals surface area contributed by atoms with Crippen molar-refractivity contribution < 1.29 is 13.7 Å². The Labute approximate surface area is 210 Å². The number of rotatable bonds is 2. The van der Waals surface area contributed by atoms with Crippen LogP contribution in [0.5, 0.6) is 0 Å². The Bertz CT molecular complexity index is 1800. The van der Waals surface area contributed by atoms with E-state index < -0.39 is 18.3 Å². The van der Waals surface area contributed by atoms with Crippen LogP contribution in [0.2, 0.25) is 0 Å². The SMILES string of the molecule is CC1(C)OB(c2cc(-c3cccc4oc5cc6ccccc6cc5c34)cc3ccccc23)OC1(C)C. The van der Waals surface area contributed by atoms with Gasteiger partial charge in [-0.3, -0.25) is 0 Å². The first-order valence-corrected chi connectivity index (χ1v) is 12.5. The molecule has 3 nitrogen and oxygen atoms in total. The Morgan fingerprint density at radius 3 is 2.00 bits per heavy atom. The average molecular weight is 470 g/mol. The highest BCUT2D eigenvalue weighted by Crippen LogP contribution is 2.40. The Morgan fingerprint density at radius 2 is 1.25 bits per heavy atom. The van der Waals surface area contributed by atoms with E-state index in [1.54, 1.807) is 0 Å². The zero-order valence-corrected chi connectivity index (χ0v) is 21.0. The van der Waals surface area contributed by atoms with Gasteiger partial charge in [0.2, 0.25) is 0 Å². The van der Waals surface area contributed by atoms with Crippen LogP contribution >= 0.6 is 0 Å². The molecule has 5 aromatic carbocycles. The Kier molecular flexibility index (Phi) is 4.49. The highest BCUT2D eigenvalue weighted by Gasteiger charge is 2.52. The molecule has 4 heteroatoms. The molecule has 0 radical (unpaired) electrons. The van der Waals surface area contributed by atoms with Gasteiger partial charge >= 0.3 is 7.12 Å². The predicted molar refractivity (Wildman–Crippen MR) is 150 cm³/mol. The fraction of sp³-hybridized carbons (Fsp3) is 0.188. The summed E-state index contributed by atoms with van der Waals surface area (Å²) in [7, 11) is -0.441. The zero-order chi connectivity index (χ0) is 24.7. The summed E-state index contributed by atoms with van der Waals surface area (Å²) >= 11 is 0. The summed E-state index contributed by atoms with van der Waals surface area (Å²) in [4.78, 5) is 0. The molecule has 7 rings (SSSR count). The van der Waals surface area contributed by atoms with Gasteiger partial charge < -0.3 is 13.7 Å². The predicted octanol–water partition coefficient (Wildman–Crippen LogP) is 7.86. The second-order valence-corrected chi connectivity index (χ2v) is 10.9. The van der Waals surface area contributed by atoms with E-state index in [1.807, 2.05) is 0 Å². The molecule has 0 spiro atoms. The molecular formula is C32H27BO3. The molecule has 2 heterocycles. The first-order valence-electron chi connectivity index (χ1n) is 12.5. The Hall–Kier alpha value is -3.60. The molecule has 0 atom stereocenters. The molecule has 176 valence electrons. The number of fused-ring (bicyclic) bond motifs is 5. The number of hydrogen-bond acceptors (Lipinski definition) is 3. The molecule has 36 heavy (non-hydrogen) atoms. The number of furan rings is 1. The monoisotopic (exact) mass is 470 g/mol. The highest BCUT2D eigenvalue weighted by atomic mass is 16.7. The Morgan fingerprint density at radius 1 is 0.583 bits per heavy atom. The van der Waals surface area contributed by atoms with Gasteiger partial charge in [0.25, 0.3) is 0 Å². The molecule has 0 bridgehead atoms. The first kappa shape index (κ1) is 21.7. The normalized spacial score (nSPS) is 17.1. The van der Waals surface area contributed by atoms with Crippen LogP contribution in [0, 0.1) is 0 Å². The minimum atomic E-state index is -0.441. The molecular weight excluding hydrogens is 443 g/mol. The maximum Gasteiger partial charge on any atom is 0.495 e. The lowest BCUT2D eigenvalue weighted by Gasteiger charge is -2.32. The van der Waals surface area contributed by atoms with Crippen LogP contribution in [-0.4, -0.2) is 18.3 Å². The van der Waals surface area contributed by atoms with Gasteiger partial charge in [-0.2, -0.15) is 0 Å². The summed E-state index contributed by atoms with van der Waals surface area (Å²) in [6.45, 7) is 8.40. The van der Waals surface area contributed by atoms with E-state index in [4.69, 9.17) is 13.7 Å². The van der Waals surface area contributed by atoms with Crippen LogP contribution in [0.4, 0.5) is 0 Å².